The second-order valence-electron chi connectivity index (χ2n) is 8.60. The summed E-state index contributed by atoms with van der Waals surface area (Å²) < 4.78 is 13.8. The van der Waals surface area contributed by atoms with Crippen LogP contribution in [-0.4, -0.2) is 20.2 Å². The van der Waals surface area contributed by atoms with Gasteiger partial charge in [-0.15, -0.1) is 0 Å². The molecule has 0 fully saturated rings. The van der Waals surface area contributed by atoms with Crippen LogP contribution in [0.3, 0.4) is 0 Å². The van der Waals surface area contributed by atoms with Crippen molar-refractivity contribution in [2.24, 2.45) is 0 Å². The van der Waals surface area contributed by atoms with E-state index in [9.17, 15) is 4.39 Å². The minimum absolute atomic E-state index is 0.0604. The lowest BCUT2D eigenvalue weighted by molar-refractivity contribution is 0.591. The summed E-state index contributed by atoms with van der Waals surface area (Å²) in [6, 6.07) is 20.6. The predicted molar refractivity (Wildman–Crippen MR) is 123 cm³/mol. The lowest BCUT2D eigenvalue weighted by Gasteiger charge is -2.22. The fraction of sp³-hybridized carbons (Fsp3) is 0.160. The summed E-state index contributed by atoms with van der Waals surface area (Å²) in [7, 11) is 0. The van der Waals surface area contributed by atoms with Gasteiger partial charge in [-0.25, -0.2) is 14.4 Å². The van der Waals surface area contributed by atoms with E-state index in [1.54, 1.807) is 6.07 Å². The van der Waals surface area contributed by atoms with Crippen LogP contribution in [0.5, 0.6) is 0 Å². The molecule has 0 radical (unpaired) electrons. The molecule has 0 aliphatic heterocycles. The molecule has 0 saturated carbocycles. The number of aromatic amines is 1. The Bertz CT molecular complexity index is 1410. The summed E-state index contributed by atoms with van der Waals surface area (Å²) in [6.07, 6.45) is 0. The summed E-state index contributed by atoms with van der Waals surface area (Å²) in [4.78, 5) is 9.73. The van der Waals surface area contributed by atoms with Crippen LogP contribution in [0.1, 0.15) is 26.3 Å². The van der Waals surface area contributed by atoms with Gasteiger partial charge in [0.05, 0.1) is 11.0 Å². The number of para-hydroxylation sites is 1. The highest BCUT2D eigenvalue weighted by atomic mass is 19.1. The van der Waals surface area contributed by atoms with Crippen molar-refractivity contribution in [1.29, 1.82) is 0 Å². The van der Waals surface area contributed by atoms with Crippen molar-refractivity contribution in [3.8, 4) is 11.4 Å². The predicted octanol–water partition coefficient (Wildman–Crippen LogP) is 6.35. The Morgan fingerprint density at radius 3 is 2.45 bits per heavy atom. The van der Waals surface area contributed by atoms with E-state index >= 15 is 0 Å². The number of halogens is 1. The Labute approximate surface area is 179 Å². The van der Waals surface area contributed by atoms with Gasteiger partial charge in [-0.3, -0.25) is 5.10 Å². The highest BCUT2D eigenvalue weighted by molar-refractivity contribution is 5.97. The smallest absolute Gasteiger partial charge is 0.162 e. The first kappa shape index (κ1) is 19.2. The maximum atomic E-state index is 13.8. The van der Waals surface area contributed by atoms with Gasteiger partial charge >= 0.3 is 0 Å². The quantitative estimate of drug-likeness (QED) is 0.363. The molecule has 2 heterocycles. The van der Waals surface area contributed by atoms with E-state index in [-0.39, 0.29) is 11.2 Å². The number of benzene rings is 3. The zero-order chi connectivity index (χ0) is 21.6. The van der Waals surface area contributed by atoms with Crippen molar-refractivity contribution >= 4 is 33.4 Å². The van der Waals surface area contributed by atoms with Gasteiger partial charge in [0, 0.05) is 16.3 Å². The van der Waals surface area contributed by atoms with Gasteiger partial charge in [0.1, 0.15) is 11.6 Å². The topological polar surface area (TPSA) is 66.5 Å². The third kappa shape index (κ3) is 3.50. The van der Waals surface area contributed by atoms with Crippen LogP contribution in [0.15, 0.2) is 66.7 Å². The van der Waals surface area contributed by atoms with Crippen molar-refractivity contribution in [2.75, 3.05) is 5.32 Å². The second kappa shape index (κ2) is 7.16. The number of anilines is 2. The lowest BCUT2D eigenvalue weighted by atomic mass is 9.83. The normalized spacial score (nSPS) is 11.9. The molecular formula is C25H22FN5. The fourth-order valence-corrected chi connectivity index (χ4v) is 3.82. The molecule has 0 aliphatic rings. The molecule has 0 unspecified atom stereocenters. The molecule has 154 valence electrons. The number of hydrogen-bond acceptors (Lipinski definition) is 4. The lowest BCUT2D eigenvalue weighted by Crippen LogP contribution is -2.13. The van der Waals surface area contributed by atoms with Gasteiger partial charge < -0.3 is 5.32 Å². The zero-order valence-corrected chi connectivity index (χ0v) is 17.6. The molecule has 0 aliphatic carbocycles. The van der Waals surface area contributed by atoms with Gasteiger partial charge in [-0.1, -0.05) is 57.2 Å². The summed E-state index contributed by atoms with van der Waals surface area (Å²) in [5, 5.41) is 12.1. The van der Waals surface area contributed by atoms with E-state index in [0.29, 0.717) is 22.8 Å². The molecule has 6 heteroatoms. The summed E-state index contributed by atoms with van der Waals surface area (Å²) >= 11 is 0. The van der Waals surface area contributed by atoms with E-state index in [2.05, 4.69) is 42.4 Å². The van der Waals surface area contributed by atoms with Crippen LogP contribution >= 0.6 is 0 Å². The Morgan fingerprint density at radius 2 is 1.61 bits per heavy atom. The Kier molecular flexibility index (Phi) is 4.43. The molecule has 5 aromatic rings. The maximum absolute atomic E-state index is 13.8. The van der Waals surface area contributed by atoms with Crippen molar-refractivity contribution in [2.45, 2.75) is 26.2 Å². The van der Waals surface area contributed by atoms with Crippen molar-refractivity contribution in [1.82, 2.24) is 20.2 Å². The number of nitrogens with one attached hydrogen (secondary N) is 2. The van der Waals surface area contributed by atoms with Crippen molar-refractivity contribution in [3.63, 3.8) is 0 Å². The molecular weight excluding hydrogens is 389 g/mol. The van der Waals surface area contributed by atoms with E-state index in [1.807, 2.05) is 42.5 Å². The SMILES string of the molecule is CC(C)(C)c1ccccc1-c1nc(Nc2n[nH]c3ccc(F)cc23)c2ccccc2n1. The molecule has 5 rings (SSSR count). The summed E-state index contributed by atoms with van der Waals surface area (Å²) in [6.45, 7) is 6.53. The highest BCUT2D eigenvalue weighted by Crippen LogP contribution is 2.34. The van der Waals surface area contributed by atoms with E-state index in [0.717, 1.165) is 22.0 Å². The molecule has 0 saturated heterocycles. The average Bonchev–Trinajstić information content (AvgIpc) is 3.15. The first-order valence-electron chi connectivity index (χ1n) is 10.2. The summed E-state index contributed by atoms with van der Waals surface area (Å²) in [5.74, 6) is 1.47. The van der Waals surface area contributed by atoms with Gasteiger partial charge in [0.15, 0.2) is 11.6 Å². The third-order valence-corrected chi connectivity index (χ3v) is 5.34. The van der Waals surface area contributed by atoms with Crippen LogP contribution in [0.4, 0.5) is 16.0 Å². The van der Waals surface area contributed by atoms with Crippen LogP contribution < -0.4 is 5.32 Å². The highest BCUT2D eigenvalue weighted by Gasteiger charge is 2.21. The Hall–Kier alpha value is -3.80. The minimum Gasteiger partial charge on any atom is -0.322 e. The average molecular weight is 411 g/mol. The fourth-order valence-electron chi connectivity index (χ4n) is 3.82. The molecule has 0 spiro atoms. The van der Waals surface area contributed by atoms with Gasteiger partial charge in [0.2, 0.25) is 0 Å². The molecule has 3 aromatic carbocycles. The van der Waals surface area contributed by atoms with Gasteiger partial charge in [0.25, 0.3) is 0 Å². The van der Waals surface area contributed by atoms with Crippen LogP contribution in [-0.2, 0) is 5.41 Å². The van der Waals surface area contributed by atoms with Crippen LogP contribution in [0.25, 0.3) is 33.2 Å². The van der Waals surface area contributed by atoms with E-state index in [4.69, 9.17) is 9.97 Å². The number of nitrogens with zero attached hydrogens (tertiary/aromatic N) is 3. The number of aromatic nitrogens is 4. The first-order chi connectivity index (χ1) is 14.9. The van der Waals surface area contributed by atoms with Crippen LogP contribution in [0, 0.1) is 5.82 Å². The standard InChI is InChI=1S/C25H22FN5/c1-25(2,3)19-10-6-4-8-16(19)22-27-20-11-7-5-9-17(20)23(28-22)29-24-18-14-15(26)12-13-21(18)30-31-24/h4-14H,1-3H3,(H2,27,28,29,30,31). The monoisotopic (exact) mass is 411 g/mol. The Balaban J connectivity index is 1.70. The zero-order valence-electron chi connectivity index (χ0n) is 17.6. The maximum Gasteiger partial charge on any atom is 0.162 e. The van der Waals surface area contributed by atoms with E-state index in [1.165, 1.54) is 17.7 Å². The Morgan fingerprint density at radius 1 is 0.839 bits per heavy atom. The number of H-pyrrole nitrogens is 1. The minimum atomic E-state index is -0.315. The third-order valence-electron chi connectivity index (χ3n) is 5.34. The molecule has 0 atom stereocenters. The van der Waals surface area contributed by atoms with Crippen molar-refractivity contribution in [3.05, 3.63) is 78.1 Å². The summed E-state index contributed by atoms with van der Waals surface area (Å²) in [5.41, 5.74) is 3.67. The second-order valence-corrected chi connectivity index (χ2v) is 8.60. The first-order valence-corrected chi connectivity index (χ1v) is 10.2. The molecule has 0 bridgehead atoms. The number of hydrogen-bond donors (Lipinski definition) is 2. The molecule has 2 N–H and O–H groups in total. The molecule has 2 aromatic heterocycles. The van der Waals surface area contributed by atoms with Gasteiger partial charge in [-0.05, 0) is 41.3 Å². The van der Waals surface area contributed by atoms with E-state index < -0.39 is 0 Å². The largest absolute Gasteiger partial charge is 0.322 e. The molecule has 0 amide bonds. The molecule has 5 nitrogen and oxygen atoms in total. The number of fused-ring (bicyclic) bond motifs is 2. The molecule has 31 heavy (non-hydrogen) atoms. The van der Waals surface area contributed by atoms with Crippen LogP contribution in [0.2, 0.25) is 0 Å². The number of rotatable bonds is 3. The van der Waals surface area contributed by atoms with Gasteiger partial charge in [-0.2, -0.15) is 5.10 Å². The van der Waals surface area contributed by atoms with Crippen molar-refractivity contribution < 1.29 is 4.39 Å².